The van der Waals surface area contributed by atoms with E-state index in [0.717, 1.165) is 18.6 Å². The molecule has 0 bridgehead atoms. The summed E-state index contributed by atoms with van der Waals surface area (Å²) in [6, 6.07) is 7.93. The first kappa shape index (κ1) is 11.8. The molecule has 0 amide bonds. The summed E-state index contributed by atoms with van der Waals surface area (Å²) in [5, 5.41) is 9.52. The summed E-state index contributed by atoms with van der Waals surface area (Å²) in [5.74, 6) is 0.866. The summed E-state index contributed by atoms with van der Waals surface area (Å²) in [6.07, 6.45) is 3.80. The first-order chi connectivity index (χ1) is 7.26. The number of aliphatic hydroxyl groups excluding tert-OH is 1. The molecule has 0 heterocycles. The predicted molar refractivity (Wildman–Crippen MR) is 62.1 cm³/mol. The van der Waals surface area contributed by atoms with E-state index in [1.165, 1.54) is 5.56 Å². The van der Waals surface area contributed by atoms with Crippen LogP contribution < -0.4 is 4.74 Å². The van der Waals surface area contributed by atoms with Crippen molar-refractivity contribution in [1.29, 1.82) is 0 Å². The molecule has 2 nitrogen and oxygen atoms in total. The topological polar surface area (TPSA) is 29.5 Å². The molecule has 0 aliphatic carbocycles. The van der Waals surface area contributed by atoms with Crippen LogP contribution in [0.3, 0.4) is 0 Å². The fraction of sp³-hybridized carbons (Fsp3) is 0.385. The zero-order valence-corrected chi connectivity index (χ0v) is 9.15. The quantitative estimate of drug-likeness (QED) is 0.725. The Morgan fingerprint density at radius 2 is 2.07 bits per heavy atom. The molecule has 1 atom stereocenters. The number of ether oxygens (including phenoxy) is 1. The number of hydrogen-bond acceptors (Lipinski definition) is 2. The van der Waals surface area contributed by atoms with Crippen molar-refractivity contribution < 1.29 is 9.84 Å². The molecular formula is C13H18O2. The maximum absolute atomic E-state index is 9.52. The molecule has 1 aromatic carbocycles. The van der Waals surface area contributed by atoms with Gasteiger partial charge in [-0.25, -0.2) is 0 Å². The van der Waals surface area contributed by atoms with E-state index in [2.05, 4.69) is 6.58 Å². The summed E-state index contributed by atoms with van der Waals surface area (Å²) in [4.78, 5) is 0. The van der Waals surface area contributed by atoms with Crippen LogP contribution in [0.15, 0.2) is 36.9 Å². The Labute approximate surface area is 91.2 Å². The lowest BCUT2D eigenvalue weighted by Crippen LogP contribution is -2.06. The minimum absolute atomic E-state index is 0.274. The molecule has 15 heavy (non-hydrogen) atoms. The van der Waals surface area contributed by atoms with Crippen LogP contribution in [0, 0.1) is 0 Å². The number of methoxy groups -OCH3 is 1. The standard InChI is InChI=1S/C13H18O2/c1-3-4-12(14)8-5-11-6-9-13(15-2)10-7-11/h3,6-7,9-10,12,14H,1,4-5,8H2,2H3. The Bertz CT molecular complexity index is 290. The highest BCUT2D eigenvalue weighted by Crippen LogP contribution is 2.13. The molecule has 1 N–H and O–H groups in total. The molecule has 0 fully saturated rings. The van der Waals surface area contributed by atoms with Gasteiger partial charge < -0.3 is 9.84 Å². The van der Waals surface area contributed by atoms with E-state index in [9.17, 15) is 5.11 Å². The number of benzene rings is 1. The van der Waals surface area contributed by atoms with Crippen LogP contribution in [0.1, 0.15) is 18.4 Å². The summed E-state index contributed by atoms with van der Waals surface area (Å²) in [5.41, 5.74) is 1.22. The van der Waals surface area contributed by atoms with E-state index in [0.29, 0.717) is 6.42 Å². The summed E-state index contributed by atoms with van der Waals surface area (Å²) in [6.45, 7) is 3.60. The van der Waals surface area contributed by atoms with E-state index in [4.69, 9.17) is 4.74 Å². The van der Waals surface area contributed by atoms with Gasteiger partial charge in [0, 0.05) is 0 Å². The molecule has 0 aromatic heterocycles. The van der Waals surface area contributed by atoms with Gasteiger partial charge in [-0.05, 0) is 37.0 Å². The molecule has 82 valence electrons. The Kier molecular flexibility index (Phi) is 4.91. The first-order valence-electron chi connectivity index (χ1n) is 5.18. The van der Waals surface area contributed by atoms with Crippen LogP contribution in [-0.2, 0) is 6.42 Å². The van der Waals surface area contributed by atoms with Crippen LogP contribution in [0.5, 0.6) is 5.75 Å². The van der Waals surface area contributed by atoms with Gasteiger partial charge in [-0.2, -0.15) is 0 Å². The molecule has 2 heteroatoms. The second kappa shape index (κ2) is 6.25. The van der Waals surface area contributed by atoms with Crippen molar-refractivity contribution in [3.05, 3.63) is 42.5 Å². The number of aliphatic hydroxyl groups is 1. The molecule has 0 spiro atoms. The summed E-state index contributed by atoms with van der Waals surface area (Å²) >= 11 is 0. The Balaban J connectivity index is 2.40. The van der Waals surface area contributed by atoms with Gasteiger partial charge in [0.1, 0.15) is 5.75 Å². The van der Waals surface area contributed by atoms with Crippen molar-refractivity contribution in [2.24, 2.45) is 0 Å². The molecule has 0 radical (unpaired) electrons. The largest absolute Gasteiger partial charge is 0.497 e. The fourth-order valence-electron chi connectivity index (χ4n) is 1.44. The maximum atomic E-state index is 9.52. The second-order valence-corrected chi connectivity index (χ2v) is 3.56. The molecule has 0 aliphatic rings. The van der Waals surface area contributed by atoms with E-state index in [1.54, 1.807) is 13.2 Å². The van der Waals surface area contributed by atoms with Gasteiger partial charge >= 0.3 is 0 Å². The van der Waals surface area contributed by atoms with Gasteiger partial charge in [-0.15, -0.1) is 6.58 Å². The summed E-state index contributed by atoms with van der Waals surface area (Å²) < 4.78 is 5.07. The Hall–Kier alpha value is -1.28. The molecule has 1 aromatic rings. The van der Waals surface area contributed by atoms with E-state index >= 15 is 0 Å². The van der Waals surface area contributed by atoms with E-state index in [1.807, 2.05) is 24.3 Å². The first-order valence-corrected chi connectivity index (χ1v) is 5.18. The lowest BCUT2D eigenvalue weighted by molar-refractivity contribution is 0.168. The van der Waals surface area contributed by atoms with Gasteiger partial charge in [0.2, 0.25) is 0 Å². The second-order valence-electron chi connectivity index (χ2n) is 3.56. The number of aryl methyl sites for hydroxylation is 1. The molecule has 1 unspecified atom stereocenters. The molecule has 0 saturated heterocycles. The van der Waals surface area contributed by atoms with Crippen molar-refractivity contribution >= 4 is 0 Å². The Morgan fingerprint density at radius 3 is 2.60 bits per heavy atom. The minimum Gasteiger partial charge on any atom is -0.497 e. The van der Waals surface area contributed by atoms with Crippen LogP contribution >= 0.6 is 0 Å². The zero-order valence-electron chi connectivity index (χ0n) is 9.15. The predicted octanol–water partition coefficient (Wildman–Crippen LogP) is 2.56. The van der Waals surface area contributed by atoms with Gasteiger partial charge in [0.15, 0.2) is 0 Å². The van der Waals surface area contributed by atoms with Crippen LogP contribution in [-0.4, -0.2) is 18.3 Å². The van der Waals surface area contributed by atoms with Gasteiger partial charge in [-0.1, -0.05) is 18.2 Å². The van der Waals surface area contributed by atoms with E-state index < -0.39 is 0 Å². The third-order valence-corrected chi connectivity index (χ3v) is 2.36. The lowest BCUT2D eigenvalue weighted by Gasteiger charge is -2.08. The minimum atomic E-state index is -0.274. The third kappa shape index (κ3) is 4.17. The SMILES string of the molecule is C=CCC(O)CCc1ccc(OC)cc1. The average Bonchev–Trinajstić information content (AvgIpc) is 2.27. The highest BCUT2D eigenvalue weighted by Gasteiger charge is 2.02. The van der Waals surface area contributed by atoms with Gasteiger partial charge in [0.25, 0.3) is 0 Å². The van der Waals surface area contributed by atoms with Gasteiger partial charge in [0.05, 0.1) is 13.2 Å². The third-order valence-electron chi connectivity index (χ3n) is 2.36. The van der Waals surface area contributed by atoms with Gasteiger partial charge in [-0.3, -0.25) is 0 Å². The molecule has 0 saturated carbocycles. The normalized spacial score (nSPS) is 12.1. The van der Waals surface area contributed by atoms with Crippen molar-refractivity contribution in [3.8, 4) is 5.75 Å². The smallest absolute Gasteiger partial charge is 0.118 e. The Morgan fingerprint density at radius 1 is 1.40 bits per heavy atom. The summed E-state index contributed by atoms with van der Waals surface area (Å²) in [7, 11) is 1.66. The number of rotatable bonds is 6. The monoisotopic (exact) mass is 206 g/mol. The average molecular weight is 206 g/mol. The van der Waals surface area contributed by atoms with Crippen LogP contribution in [0.2, 0.25) is 0 Å². The number of hydrogen-bond donors (Lipinski definition) is 1. The van der Waals surface area contributed by atoms with Crippen molar-refractivity contribution in [2.75, 3.05) is 7.11 Å². The van der Waals surface area contributed by atoms with Crippen molar-refractivity contribution in [3.63, 3.8) is 0 Å². The molecule has 1 rings (SSSR count). The van der Waals surface area contributed by atoms with Crippen LogP contribution in [0.4, 0.5) is 0 Å². The lowest BCUT2D eigenvalue weighted by atomic mass is 10.1. The van der Waals surface area contributed by atoms with Crippen LogP contribution in [0.25, 0.3) is 0 Å². The van der Waals surface area contributed by atoms with E-state index in [-0.39, 0.29) is 6.10 Å². The molecule has 0 aliphatic heterocycles. The molecular weight excluding hydrogens is 188 g/mol. The van der Waals surface area contributed by atoms with Crippen molar-refractivity contribution in [1.82, 2.24) is 0 Å². The maximum Gasteiger partial charge on any atom is 0.118 e. The van der Waals surface area contributed by atoms with Crippen molar-refractivity contribution in [2.45, 2.75) is 25.4 Å². The highest BCUT2D eigenvalue weighted by atomic mass is 16.5. The zero-order chi connectivity index (χ0) is 11.1. The highest BCUT2D eigenvalue weighted by molar-refractivity contribution is 5.27. The fourth-order valence-corrected chi connectivity index (χ4v) is 1.44.